The molecule has 104 valence electrons. The second-order valence-electron chi connectivity index (χ2n) is 4.79. The molecule has 2 atom stereocenters. The van der Waals surface area contributed by atoms with Crippen LogP contribution in [0.1, 0.15) is 6.92 Å². The van der Waals surface area contributed by atoms with Gasteiger partial charge in [-0.05, 0) is 19.1 Å². The number of hydrazine groups is 1. The molecule has 0 spiro atoms. The fourth-order valence-electron chi connectivity index (χ4n) is 2.53. The standard InChI is InChI=1S/C12H17N3O3S/c1-9-12(8-13-14-9)19(16,17)15-6-7-18-11-5-3-2-4-10(11)15/h2-5,9,12-14H,6-8H2,1H3. The van der Waals surface area contributed by atoms with E-state index in [-0.39, 0.29) is 6.04 Å². The van der Waals surface area contributed by atoms with Crippen LogP contribution in [0.3, 0.4) is 0 Å². The Morgan fingerprint density at radius 2 is 2.16 bits per heavy atom. The topological polar surface area (TPSA) is 70.7 Å². The largest absolute Gasteiger partial charge is 0.489 e. The zero-order valence-corrected chi connectivity index (χ0v) is 11.5. The van der Waals surface area contributed by atoms with Crippen molar-refractivity contribution in [1.82, 2.24) is 10.9 Å². The van der Waals surface area contributed by atoms with E-state index in [1.807, 2.05) is 19.1 Å². The van der Waals surface area contributed by atoms with E-state index in [9.17, 15) is 8.42 Å². The molecule has 0 aromatic heterocycles. The molecule has 6 nitrogen and oxygen atoms in total. The van der Waals surface area contributed by atoms with Crippen molar-refractivity contribution >= 4 is 15.7 Å². The summed E-state index contributed by atoms with van der Waals surface area (Å²) in [6, 6.07) is 7.14. The second-order valence-corrected chi connectivity index (χ2v) is 6.86. The van der Waals surface area contributed by atoms with Crippen LogP contribution in [-0.2, 0) is 10.0 Å². The molecule has 0 bridgehead atoms. The molecule has 2 aliphatic rings. The molecule has 1 aromatic rings. The molecule has 2 aliphatic heterocycles. The average Bonchev–Trinajstić information content (AvgIpc) is 2.85. The molecule has 0 amide bonds. The lowest BCUT2D eigenvalue weighted by Gasteiger charge is -2.33. The molecule has 1 fully saturated rings. The van der Waals surface area contributed by atoms with E-state index in [0.717, 1.165) is 0 Å². The Morgan fingerprint density at radius 3 is 2.89 bits per heavy atom. The summed E-state index contributed by atoms with van der Waals surface area (Å²) in [7, 11) is -3.40. The number of anilines is 1. The zero-order chi connectivity index (χ0) is 13.5. The molecule has 0 radical (unpaired) electrons. The Morgan fingerprint density at radius 1 is 1.37 bits per heavy atom. The highest BCUT2D eigenvalue weighted by molar-refractivity contribution is 7.93. The Hall–Kier alpha value is -1.31. The van der Waals surface area contributed by atoms with Crippen molar-refractivity contribution in [3.63, 3.8) is 0 Å². The first-order valence-corrected chi connectivity index (χ1v) is 7.83. The number of para-hydroxylation sites is 2. The van der Waals surface area contributed by atoms with Gasteiger partial charge in [0.05, 0.1) is 12.2 Å². The molecular formula is C12H17N3O3S. The zero-order valence-electron chi connectivity index (χ0n) is 10.7. The molecule has 1 saturated heterocycles. The smallest absolute Gasteiger partial charge is 0.241 e. The van der Waals surface area contributed by atoms with E-state index in [2.05, 4.69) is 10.9 Å². The molecule has 2 unspecified atom stereocenters. The summed E-state index contributed by atoms with van der Waals surface area (Å²) in [6.07, 6.45) is 0. The highest BCUT2D eigenvalue weighted by atomic mass is 32.2. The molecule has 3 rings (SSSR count). The maximum absolute atomic E-state index is 12.8. The molecule has 2 N–H and O–H groups in total. The maximum atomic E-state index is 12.8. The molecule has 1 aromatic carbocycles. The minimum atomic E-state index is -3.40. The summed E-state index contributed by atoms with van der Waals surface area (Å²) in [5.74, 6) is 0.629. The number of rotatable bonds is 2. The third-order valence-corrected chi connectivity index (χ3v) is 5.90. The SMILES string of the molecule is CC1NNCC1S(=O)(=O)N1CCOc2ccccc21. The van der Waals surface area contributed by atoms with E-state index >= 15 is 0 Å². The van der Waals surface area contributed by atoms with Gasteiger partial charge in [-0.15, -0.1) is 0 Å². The third-order valence-electron chi connectivity index (χ3n) is 3.57. The monoisotopic (exact) mass is 283 g/mol. The molecule has 19 heavy (non-hydrogen) atoms. The fourth-order valence-corrected chi connectivity index (χ4v) is 4.48. The summed E-state index contributed by atoms with van der Waals surface area (Å²) >= 11 is 0. The van der Waals surface area contributed by atoms with Crippen LogP contribution < -0.4 is 19.9 Å². The van der Waals surface area contributed by atoms with Crippen LogP contribution in [0.2, 0.25) is 0 Å². The highest BCUT2D eigenvalue weighted by Crippen LogP contribution is 2.34. The highest BCUT2D eigenvalue weighted by Gasteiger charge is 2.40. The number of hydrogen-bond donors (Lipinski definition) is 2. The van der Waals surface area contributed by atoms with E-state index in [4.69, 9.17) is 4.74 Å². The summed E-state index contributed by atoms with van der Waals surface area (Å²) in [4.78, 5) is 0. The van der Waals surface area contributed by atoms with Gasteiger partial charge in [0.1, 0.15) is 17.6 Å². The van der Waals surface area contributed by atoms with Crippen molar-refractivity contribution in [1.29, 1.82) is 0 Å². The van der Waals surface area contributed by atoms with E-state index < -0.39 is 15.3 Å². The maximum Gasteiger partial charge on any atom is 0.241 e. The normalized spacial score (nSPS) is 26.9. The molecule has 0 aliphatic carbocycles. The van der Waals surface area contributed by atoms with Crippen LogP contribution in [-0.4, -0.2) is 39.4 Å². The lowest BCUT2D eigenvalue weighted by atomic mass is 10.2. The summed E-state index contributed by atoms with van der Waals surface area (Å²) < 4.78 is 32.5. The number of ether oxygens (including phenoxy) is 1. The number of benzene rings is 1. The van der Waals surface area contributed by atoms with Crippen LogP contribution >= 0.6 is 0 Å². The van der Waals surface area contributed by atoms with Crippen molar-refractivity contribution in [3.8, 4) is 5.75 Å². The number of nitrogens with zero attached hydrogens (tertiary/aromatic N) is 1. The predicted octanol–water partition coefficient (Wildman–Crippen LogP) is 0.0801. The van der Waals surface area contributed by atoms with Gasteiger partial charge in [0, 0.05) is 12.6 Å². The summed E-state index contributed by atoms with van der Waals surface area (Å²) in [5.41, 5.74) is 6.49. The Bertz CT molecular complexity index is 575. The predicted molar refractivity (Wildman–Crippen MR) is 72.6 cm³/mol. The van der Waals surface area contributed by atoms with E-state index in [1.54, 1.807) is 12.1 Å². The number of nitrogens with one attached hydrogen (secondary N) is 2. The summed E-state index contributed by atoms with van der Waals surface area (Å²) in [6.45, 7) is 3.04. The first-order chi connectivity index (χ1) is 9.10. The van der Waals surface area contributed by atoms with Crippen molar-refractivity contribution < 1.29 is 13.2 Å². The van der Waals surface area contributed by atoms with Crippen LogP contribution in [0, 0.1) is 0 Å². The lowest BCUT2D eigenvalue weighted by Crippen LogP contribution is -2.47. The van der Waals surface area contributed by atoms with Gasteiger partial charge in [-0.3, -0.25) is 15.2 Å². The van der Waals surface area contributed by atoms with Crippen LogP contribution in [0.4, 0.5) is 5.69 Å². The van der Waals surface area contributed by atoms with Crippen molar-refractivity contribution in [2.45, 2.75) is 18.2 Å². The lowest BCUT2D eigenvalue weighted by molar-refractivity contribution is 0.315. The second kappa shape index (κ2) is 4.66. The number of fused-ring (bicyclic) bond motifs is 1. The minimum absolute atomic E-state index is 0.111. The summed E-state index contributed by atoms with van der Waals surface area (Å²) in [5, 5.41) is -0.460. The van der Waals surface area contributed by atoms with Crippen molar-refractivity contribution in [2.75, 3.05) is 24.0 Å². The van der Waals surface area contributed by atoms with Crippen molar-refractivity contribution in [3.05, 3.63) is 24.3 Å². The fraction of sp³-hybridized carbons (Fsp3) is 0.500. The van der Waals surface area contributed by atoms with Gasteiger partial charge in [-0.1, -0.05) is 12.1 Å². The molecule has 7 heteroatoms. The molecular weight excluding hydrogens is 266 g/mol. The van der Waals surface area contributed by atoms with Crippen molar-refractivity contribution in [2.24, 2.45) is 0 Å². The minimum Gasteiger partial charge on any atom is -0.489 e. The number of hydrogen-bond acceptors (Lipinski definition) is 5. The van der Waals surface area contributed by atoms with Gasteiger partial charge >= 0.3 is 0 Å². The van der Waals surface area contributed by atoms with Crippen LogP contribution in [0.5, 0.6) is 5.75 Å². The van der Waals surface area contributed by atoms with Gasteiger partial charge in [0.25, 0.3) is 0 Å². The quantitative estimate of drug-likeness (QED) is 0.804. The number of sulfonamides is 1. The van der Waals surface area contributed by atoms with Crippen LogP contribution in [0.15, 0.2) is 24.3 Å². The first-order valence-electron chi connectivity index (χ1n) is 6.32. The van der Waals surface area contributed by atoms with Crippen LogP contribution in [0.25, 0.3) is 0 Å². The first kappa shape index (κ1) is 12.7. The average molecular weight is 283 g/mol. The Kier molecular flexibility index (Phi) is 3.12. The van der Waals surface area contributed by atoms with Gasteiger partial charge in [0.2, 0.25) is 10.0 Å². The third kappa shape index (κ3) is 2.07. The van der Waals surface area contributed by atoms with Gasteiger partial charge in [-0.2, -0.15) is 0 Å². The van der Waals surface area contributed by atoms with Gasteiger partial charge in [0.15, 0.2) is 0 Å². The van der Waals surface area contributed by atoms with E-state index in [1.165, 1.54) is 4.31 Å². The van der Waals surface area contributed by atoms with E-state index in [0.29, 0.717) is 31.1 Å². The molecule has 0 saturated carbocycles. The molecule has 2 heterocycles. The van der Waals surface area contributed by atoms with Gasteiger partial charge < -0.3 is 4.74 Å². The Labute approximate surface area is 112 Å². The Balaban J connectivity index is 1.99. The van der Waals surface area contributed by atoms with Gasteiger partial charge in [-0.25, -0.2) is 8.42 Å².